The van der Waals surface area contributed by atoms with E-state index in [1.807, 2.05) is 6.92 Å². The van der Waals surface area contributed by atoms with Crippen LogP contribution < -0.4 is 5.73 Å². The lowest BCUT2D eigenvalue weighted by molar-refractivity contribution is 0.135. The van der Waals surface area contributed by atoms with Crippen molar-refractivity contribution in [3.8, 4) is 0 Å². The number of nitrogens with zero attached hydrogens (tertiary/aromatic N) is 2. The molecule has 0 saturated heterocycles. The Bertz CT molecular complexity index is 780. The van der Waals surface area contributed by atoms with E-state index in [4.69, 9.17) is 5.73 Å². The van der Waals surface area contributed by atoms with E-state index in [9.17, 15) is 13.2 Å². The smallest absolute Gasteiger partial charge is 0.161 e. The normalized spacial score (nSPS) is 26.8. The number of aromatic amines is 1. The van der Waals surface area contributed by atoms with E-state index >= 15 is 0 Å². The number of halogens is 3. The van der Waals surface area contributed by atoms with Crippen molar-refractivity contribution in [1.29, 1.82) is 0 Å². The summed E-state index contributed by atoms with van der Waals surface area (Å²) in [4.78, 5) is 10.1. The number of fused-ring (bicyclic) bond motifs is 1. The van der Waals surface area contributed by atoms with Gasteiger partial charge in [0, 0.05) is 37.2 Å². The molecule has 1 aliphatic heterocycles. The predicted octanol–water partition coefficient (Wildman–Crippen LogP) is 3.11. The number of benzene rings is 1. The quantitative estimate of drug-likeness (QED) is 0.818. The summed E-state index contributed by atoms with van der Waals surface area (Å²) in [6.07, 6.45) is 2.21. The van der Waals surface area contributed by atoms with Crippen molar-refractivity contribution >= 4 is 0 Å². The minimum Gasteiger partial charge on any atom is -0.345 e. The lowest BCUT2D eigenvalue weighted by Gasteiger charge is -2.38. The largest absolute Gasteiger partial charge is 0.345 e. The fourth-order valence-corrected chi connectivity index (χ4v) is 4.28. The fraction of sp³-hybridized carbons (Fsp3) is 0.500. The third-order valence-corrected chi connectivity index (χ3v) is 5.52. The van der Waals surface area contributed by atoms with Crippen LogP contribution in [0.4, 0.5) is 13.2 Å². The molecule has 2 aromatic rings. The summed E-state index contributed by atoms with van der Waals surface area (Å²) in [6, 6.07) is 1.59. The molecule has 7 heteroatoms. The van der Waals surface area contributed by atoms with E-state index in [2.05, 4.69) is 14.9 Å². The van der Waals surface area contributed by atoms with Gasteiger partial charge in [0.1, 0.15) is 11.6 Å². The summed E-state index contributed by atoms with van der Waals surface area (Å²) < 4.78 is 40.7. The monoisotopic (exact) mass is 350 g/mol. The summed E-state index contributed by atoms with van der Waals surface area (Å²) in [5.41, 5.74) is 8.72. The van der Waals surface area contributed by atoms with Gasteiger partial charge >= 0.3 is 0 Å². The first-order chi connectivity index (χ1) is 11.9. The fourth-order valence-electron chi connectivity index (χ4n) is 4.28. The Balaban J connectivity index is 1.46. The molecule has 0 radical (unpaired) electrons. The summed E-state index contributed by atoms with van der Waals surface area (Å²) in [6.45, 7) is 3.55. The topological polar surface area (TPSA) is 57.9 Å². The van der Waals surface area contributed by atoms with Crippen molar-refractivity contribution in [2.24, 2.45) is 5.73 Å². The van der Waals surface area contributed by atoms with Gasteiger partial charge in [-0.15, -0.1) is 0 Å². The number of nitrogens with one attached hydrogen (secondary N) is 1. The Hall–Kier alpha value is -1.86. The van der Waals surface area contributed by atoms with E-state index in [0.29, 0.717) is 24.9 Å². The summed E-state index contributed by atoms with van der Waals surface area (Å²) in [5.74, 6) is -2.26. The Morgan fingerprint density at radius 2 is 1.88 bits per heavy atom. The van der Waals surface area contributed by atoms with E-state index < -0.39 is 17.5 Å². The second-order valence-corrected chi connectivity index (χ2v) is 7.18. The van der Waals surface area contributed by atoms with E-state index in [1.54, 1.807) is 0 Å². The molecule has 4 nitrogen and oxygen atoms in total. The summed E-state index contributed by atoms with van der Waals surface area (Å²) in [5, 5.41) is 0. The van der Waals surface area contributed by atoms with Crippen molar-refractivity contribution in [3.05, 3.63) is 52.4 Å². The van der Waals surface area contributed by atoms with Gasteiger partial charge < -0.3 is 10.7 Å². The average molecular weight is 350 g/mol. The van der Waals surface area contributed by atoms with Crippen LogP contribution in [0.1, 0.15) is 48.0 Å². The van der Waals surface area contributed by atoms with Crippen LogP contribution in [-0.4, -0.2) is 27.0 Å². The Morgan fingerprint density at radius 3 is 2.60 bits per heavy atom. The van der Waals surface area contributed by atoms with Crippen LogP contribution in [0.15, 0.2) is 12.1 Å². The zero-order valence-electron chi connectivity index (χ0n) is 14.0. The lowest BCUT2D eigenvalue weighted by Crippen LogP contribution is -2.44. The average Bonchev–Trinajstić information content (AvgIpc) is 3.08. The number of aryl methyl sites for hydroxylation is 1. The van der Waals surface area contributed by atoms with Crippen LogP contribution >= 0.6 is 0 Å². The van der Waals surface area contributed by atoms with Crippen molar-refractivity contribution in [3.63, 3.8) is 0 Å². The van der Waals surface area contributed by atoms with Crippen LogP contribution in [0.2, 0.25) is 0 Å². The highest BCUT2D eigenvalue weighted by molar-refractivity contribution is 5.26. The van der Waals surface area contributed by atoms with Crippen LogP contribution in [0, 0.1) is 24.4 Å². The third-order valence-electron chi connectivity index (χ3n) is 5.52. The van der Waals surface area contributed by atoms with Crippen molar-refractivity contribution < 1.29 is 13.2 Å². The highest BCUT2D eigenvalue weighted by Gasteiger charge is 2.36. The van der Waals surface area contributed by atoms with Gasteiger partial charge in [0.05, 0.1) is 11.4 Å². The lowest BCUT2D eigenvalue weighted by atomic mass is 9.77. The molecule has 1 aromatic carbocycles. The van der Waals surface area contributed by atoms with Gasteiger partial charge in [0.15, 0.2) is 11.6 Å². The first kappa shape index (κ1) is 16.6. The van der Waals surface area contributed by atoms with E-state index in [0.717, 1.165) is 42.8 Å². The number of hydrogen-bond acceptors (Lipinski definition) is 3. The highest BCUT2D eigenvalue weighted by atomic mass is 19.2. The second kappa shape index (κ2) is 6.14. The van der Waals surface area contributed by atoms with Gasteiger partial charge in [-0.1, -0.05) is 0 Å². The number of imidazole rings is 1. The van der Waals surface area contributed by atoms with Gasteiger partial charge in [-0.25, -0.2) is 18.2 Å². The van der Waals surface area contributed by atoms with Crippen LogP contribution in [0.5, 0.6) is 0 Å². The Labute approximate surface area is 144 Å². The predicted molar refractivity (Wildman–Crippen MR) is 87.2 cm³/mol. The van der Waals surface area contributed by atoms with Crippen molar-refractivity contribution in [2.75, 3.05) is 0 Å². The molecular weight excluding hydrogens is 329 g/mol. The zero-order chi connectivity index (χ0) is 17.7. The number of aromatic nitrogens is 2. The molecule has 0 spiro atoms. The van der Waals surface area contributed by atoms with E-state index in [-0.39, 0.29) is 17.5 Å². The van der Waals surface area contributed by atoms with Crippen molar-refractivity contribution in [1.82, 2.24) is 14.9 Å². The van der Waals surface area contributed by atoms with Gasteiger partial charge in [-0.3, -0.25) is 4.90 Å². The molecule has 3 N–H and O–H groups in total. The van der Waals surface area contributed by atoms with Crippen LogP contribution in [0.25, 0.3) is 0 Å². The molecule has 4 rings (SSSR count). The van der Waals surface area contributed by atoms with Crippen LogP contribution in [-0.2, 0) is 13.1 Å². The van der Waals surface area contributed by atoms with Crippen molar-refractivity contribution in [2.45, 2.75) is 57.3 Å². The molecule has 2 unspecified atom stereocenters. The molecule has 2 aliphatic rings. The Morgan fingerprint density at radius 1 is 1.12 bits per heavy atom. The third kappa shape index (κ3) is 2.95. The standard InChI is InChI=1S/C18H21F3N4/c1-9-23-17-7-25(8-18(17)24-9)10-2-3-11(16(22)4-10)12-5-14(20)15(21)6-13(12)19/h5-6,10-11,16H,2-4,7-8,22H2,1H3,(H,23,24)/t10-,11?,16?/m0/s1. The molecule has 25 heavy (non-hydrogen) atoms. The molecule has 1 aliphatic carbocycles. The van der Waals surface area contributed by atoms with Gasteiger partial charge in [0.25, 0.3) is 0 Å². The summed E-state index contributed by atoms with van der Waals surface area (Å²) in [7, 11) is 0. The number of rotatable bonds is 2. The maximum Gasteiger partial charge on any atom is 0.161 e. The molecule has 2 heterocycles. The molecule has 1 saturated carbocycles. The molecule has 3 atom stereocenters. The number of hydrogen-bond donors (Lipinski definition) is 2. The molecule has 1 fully saturated rings. The zero-order valence-corrected chi connectivity index (χ0v) is 14.0. The number of nitrogens with two attached hydrogens (primary N) is 1. The molecule has 0 bridgehead atoms. The molecule has 134 valence electrons. The molecular formula is C18H21F3N4. The number of H-pyrrole nitrogens is 1. The van der Waals surface area contributed by atoms with Gasteiger partial charge in [-0.05, 0) is 37.8 Å². The van der Waals surface area contributed by atoms with Crippen LogP contribution in [0.3, 0.4) is 0 Å². The maximum absolute atomic E-state index is 14.1. The SMILES string of the molecule is Cc1nc2c([nH]1)CN([C@H]1CCC(c3cc(F)c(F)cc3F)C(N)C1)C2. The molecule has 0 amide bonds. The van der Waals surface area contributed by atoms with Gasteiger partial charge in [0.2, 0.25) is 0 Å². The minimum absolute atomic E-state index is 0.189. The first-order valence-electron chi connectivity index (χ1n) is 8.60. The Kier molecular flexibility index (Phi) is 4.08. The second-order valence-electron chi connectivity index (χ2n) is 7.18. The molecule has 1 aromatic heterocycles. The minimum atomic E-state index is -1.16. The maximum atomic E-state index is 14.1. The summed E-state index contributed by atoms with van der Waals surface area (Å²) >= 11 is 0. The first-order valence-corrected chi connectivity index (χ1v) is 8.60. The highest BCUT2D eigenvalue weighted by Crippen LogP contribution is 2.38. The van der Waals surface area contributed by atoms with Gasteiger partial charge in [-0.2, -0.15) is 0 Å². The van der Waals surface area contributed by atoms with E-state index in [1.165, 1.54) is 0 Å².